The maximum Gasteiger partial charge on any atom is 0.141 e. The smallest absolute Gasteiger partial charge is 0.141 e. The van der Waals surface area contributed by atoms with E-state index >= 15 is 0 Å². The van der Waals surface area contributed by atoms with Crippen LogP contribution in [0.5, 0.6) is 0 Å². The molecule has 0 aromatic heterocycles. The lowest BCUT2D eigenvalue weighted by Crippen LogP contribution is -2.21. The van der Waals surface area contributed by atoms with Crippen LogP contribution >= 0.6 is 0 Å². The summed E-state index contributed by atoms with van der Waals surface area (Å²) < 4.78 is 0. The van der Waals surface area contributed by atoms with Crippen molar-refractivity contribution in [2.75, 3.05) is 26.0 Å². The Balaban J connectivity index is 3.11. The van der Waals surface area contributed by atoms with Crippen LogP contribution in [0.2, 0.25) is 0 Å². The molecule has 0 heterocycles. The topological polar surface area (TPSA) is 32.3 Å². The number of carbonyl (C=O) groups excluding carboxylic acids is 1. The summed E-state index contributed by atoms with van der Waals surface area (Å²) in [5, 5.41) is 2.97. The number of rotatable bonds is 4. The molecule has 1 rings (SSSR count). The first-order valence-electron chi connectivity index (χ1n) is 4.59. The third-order valence-electron chi connectivity index (χ3n) is 2.20. The van der Waals surface area contributed by atoms with Gasteiger partial charge >= 0.3 is 0 Å². The number of anilines is 1. The summed E-state index contributed by atoms with van der Waals surface area (Å²) in [5.41, 5.74) is 2.08. The quantitative estimate of drug-likeness (QED) is 0.728. The molecule has 0 aliphatic rings. The molecule has 0 saturated carbocycles. The molecule has 3 heteroatoms. The lowest BCUT2D eigenvalue weighted by atomic mass is 10.1. The first-order chi connectivity index (χ1) is 6.70. The molecule has 1 atom stereocenters. The van der Waals surface area contributed by atoms with Crippen LogP contribution in [0.3, 0.4) is 0 Å². The molecule has 1 unspecified atom stereocenters. The Kier molecular flexibility index (Phi) is 3.65. The SMILES string of the molecule is CNC(C=O)c1ccccc1N(C)C. The van der Waals surface area contributed by atoms with Gasteiger partial charge in [-0.2, -0.15) is 0 Å². The molecule has 3 nitrogen and oxygen atoms in total. The van der Waals surface area contributed by atoms with Gasteiger partial charge in [0.1, 0.15) is 6.29 Å². The number of aldehydes is 1. The van der Waals surface area contributed by atoms with E-state index < -0.39 is 0 Å². The van der Waals surface area contributed by atoms with Crippen LogP contribution in [-0.4, -0.2) is 27.4 Å². The maximum atomic E-state index is 10.8. The maximum absolute atomic E-state index is 10.8. The second-order valence-electron chi connectivity index (χ2n) is 3.36. The Morgan fingerprint density at radius 1 is 1.36 bits per heavy atom. The minimum absolute atomic E-state index is 0.228. The van der Waals surface area contributed by atoms with Crippen LogP contribution in [-0.2, 0) is 4.79 Å². The van der Waals surface area contributed by atoms with Gasteiger partial charge in [-0.1, -0.05) is 18.2 Å². The van der Waals surface area contributed by atoms with Crippen LogP contribution in [0.1, 0.15) is 11.6 Å². The molecule has 0 aliphatic heterocycles. The normalized spacial score (nSPS) is 12.2. The van der Waals surface area contributed by atoms with Gasteiger partial charge in [-0.3, -0.25) is 0 Å². The lowest BCUT2D eigenvalue weighted by Gasteiger charge is -2.20. The fourth-order valence-corrected chi connectivity index (χ4v) is 1.45. The zero-order valence-corrected chi connectivity index (χ0v) is 8.82. The number of benzene rings is 1. The molecule has 1 aromatic rings. The van der Waals surface area contributed by atoms with E-state index in [1.807, 2.05) is 43.3 Å². The van der Waals surface area contributed by atoms with Crippen molar-refractivity contribution >= 4 is 12.0 Å². The third-order valence-corrected chi connectivity index (χ3v) is 2.20. The molecule has 1 N–H and O–H groups in total. The Hall–Kier alpha value is -1.35. The van der Waals surface area contributed by atoms with E-state index in [1.165, 1.54) is 0 Å². The average Bonchev–Trinajstić information content (AvgIpc) is 2.20. The predicted molar refractivity (Wildman–Crippen MR) is 58.6 cm³/mol. The van der Waals surface area contributed by atoms with Crippen LogP contribution in [0.4, 0.5) is 5.69 Å². The molecular formula is C11H16N2O. The van der Waals surface area contributed by atoms with Crippen LogP contribution < -0.4 is 10.2 Å². The molecule has 0 radical (unpaired) electrons. The Morgan fingerprint density at radius 3 is 2.50 bits per heavy atom. The molecule has 0 amide bonds. The van der Waals surface area contributed by atoms with Gasteiger partial charge in [-0.05, 0) is 18.7 Å². The first kappa shape index (κ1) is 10.7. The fraction of sp³-hybridized carbons (Fsp3) is 0.364. The summed E-state index contributed by atoms with van der Waals surface area (Å²) in [5.74, 6) is 0. The van der Waals surface area contributed by atoms with Crippen LogP contribution in [0.15, 0.2) is 24.3 Å². The number of carbonyl (C=O) groups is 1. The lowest BCUT2D eigenvalue weighted by molar-refractivity contribution is -0.109. The number of para-hydroxylation sites is 1. The Labute approximate surface area is 84.7 Å². The minimum atomic E-state index is -0.228. The van der Waals surface area contributed by atoms with E-state index in [2.05, 4.69) is 5.32 Å². The van der Waals surface area contributed by atoms with Crippen LogP contribution in [0.25, 0.3) is 0 Å². The van der Waals surface area contributed by atoms with E-state index in [9.17, 15) is 4.79 Å². The molecule has 0 bridgehead atoms. The summed E-state index contributed by atoms with van der Waals surface area (Å²) in [4.78, 5) is 12.8. The van der Waals surface area contributed by atoms with Crippen molar-refractivity contribution in [1.82, 2.24) is 5.32 Å². The van der Waals surface area contributed by atoms with Crippen LogP contribution in [0, 0.1) is 0 Å². The summed E-state index contributed by atoms with van der Waals surface area (Å²) in [6.45, 7) is 0. The average molecular weight is 192 g/mol. The summed E-state index contributed by atoms with van der Waals surface area (Å²) in [6, 6.07) is 7.65. The minimum Gasteiger partial charge on any atom is -0.377 e. The first-order valence-corrected chi connectivity index (χ1v) is 4.59. The molecule has 0 aliphatic carbocycles. The highest BCUT2D eigenvalue weighted by Crippen LogP contribution is 2.23. The van der Waals surface area contributed by atoms with Crippen molar-refractivity contribution in [2.24, 2.45) is 0 Å². The van der Waals surface area contributed by atoms with Gasteiger partial charge in [-0.15, -0.1) is 0 Å². The summed E-state index contributed by atoms with van der Waals surface area (Å²) in [7, 11) is 5.72. The van der Waals surface area contributed by atoms with Gasteiger partial charge in [0.15, 0.2) is 0 Å². The number of likely N-dealkylation sites (N-methyl/N-ethyl adjacent to an activating group) is 1. The molecular weight excluding hydrogens is 176 g/mol. The van der Waals surface area contributed by atoms with Gasteiger partial charge in [0, 0.05) is 19.8 Å². The standard InChI is InChI=1S/C11H16N2O/c1-12-10(8-14)9-6-4-5-7-11(9)13(2)3/h4-8,10,12H,1-3H3. The van der Waals surface area contributed by atoms with Gasteiger partial charge in [-0.25, -0.2) is 0 Å². The van der Waals surface area contributed by atoms with E-state index in [0.29, 0.717) is 0 Å². The van der Waals surface area contributed by atoms with Gasteiger partial charge in [0.05, 0.1) is 6.04 Å². The molecule has 0 spiro atoms. The third kappa shape index (κ3) is 2.12. The summed E-state index contributed by atoms with van der Waals surface area (Å²) in [6.07, 6.45) is 0.919. The molecule has 0 saturated heterocycles. The predicted octanol–water partition coefficient (Wildman–Crippen LogP) is 1.21. The summed E-state index contributed by atoms with van der Waals surface area (Å²) >= 11 is 0. The van der Waals surface area contributed by atoms with Crippen molar-refractivity contribution in [2.45, 2.75) is 6.04 Å². The number of hydrogen-bond donors (Lipinski definition) is 1. The molecule has 76 valence electrons. The molecule has 0 fully saturated rings. The highest BCUT2D eigenvalue weighted by atomic mass is 16.1. The second kappa shape index (κ2) is 4.77. The monoisotopic (exact) mass is 192 g/mol. The van der Waals surface area contributed by atoms with Crippen molar-refractivity contribution in [1.29, 1.82) is 0 Å². The highest BCUT2D eigenvalue weighted by Gasteiger charge is 2.12. The largest absolute Gasteiger partial charge is 0.377 e. The van der Waals surface area contributed by atoms with Gasteiger partial charge in [0.2, 0.25) is 0 Å². The number of nitrogens with one attached hydrogen (secondary N) is 1. The fourth-order valence-electron chi connectivity index (χ4n) is 1.45. The van der Waals surface area contributed by atoms with E-state index in [1.54, 1.807) is 7.05 Å². The second-order valence-corrected chi connectivity index (χ2v) is 3.36. The number of nitrogens with zero attached hydrogens (tertiary/aromatic N) is 1. The highest BCUT2D eigenvalue weighted by molar-refractivity contribution is 5.68. The molecule has 14 heavy (non-hydrogen) atoms. The van der Waals surface area contributed by atoms with Crippen molar-refractivity contribution in [3.63, 3.8) is 0 Å². The number of hydrogen-bond acceptors (Lipinski definition) is 3. The molecule has 1 aromatic carbocycles. The van der Waals surface area contributed by atoms with Crippen molar-refractivity contribution in [3.8, 4) is 0 Å². The van der Waals surface area contributed by atoms with Crippen molar-refractivity contribution < 1.29 is 4.79 Å². The van der Waals surface area contributed by atoms with Gasteiger partial charge in [0.25, 0.3) is 0 Å². The van der Waals surface area contributed by atoms with E-state index in [0.717, 1.165) is 17.5 Å². The Bertz CT molecular complexity index is 310. The van der Waals surface area contributed by atoms with Gasteiger partial charge < -0.3 is 15.0 Å². The zero-order valence-electron chi connectivity index (χ0n) is 8.82. The van der Waals surface area contributed by atoms with Crippen molar-refractivity contribution in [3.05, 3.63) is 29.8 Å². The zero-order chi connectivity index (χ0) is 10.6. The Morgan fingerprint density at radius 2 is 2.00 bits per heavy atom. The van der Waals surface area contributed by atoms with E-state index in [-0.39, 0.29) is 6.04 Å². The van der Waals surface area contributed by atoms with E-state index in [4.69, 9.17) is 0 Å².